The third-order valence-corrected chi connectivity index (χ3v) is 16.2. The number of aromatic nitrogens is 6. The molecule has 0 aliphatic carbocycles. The van der Waals surface area contributed by atoms with Crippen molar-refractivity contribution in [1.29, 1.82) is 0 Å². The summed E-state index contributed by atoms with van der Waals surface area (Å²) < 4.78 is 5.65. The number of piperazine rings is 2. The largest absolute Gasteiger partial charge is 0.402 e. The molecule has 4 fully saturated rings. The lowest BCUT2D eigenvalue weighted by Gasteiger charge is -2.50. The van der Waals surface area contributed by atoms with E-state index >= 15 is 0 Å². The molecule has 4 saturated heterocycles. The van der Waals surface area contributed by atoms with E-state index in [1.165, 1.54) is 6.20 Å². The molecule has 3 aromatic heterocycles. The molecule has 2 aromatic carbocycles. The fourth-order valence-corrected chi connectivity index (χ4v) is 11.7. The van der Waals surface area contributed by atoms with Crippen molar-refractivity contribution in [3.63, 3.8) is 0 Å². The van der Waals surface area contributed by atoms with Crippen molar-refractivity contribution in [2.45, 2.75) is 145 Å². The molecular weight excluding hydrogens is 1110 g/mol. The summed E-state index contributed by atoms with van der Waals surface area (Å²) >= 11 is 12.0. The van der Waals surface area contributed by atoms with Crippen LogP contribution in [0.1, 0.15) is 138 Å². The summed E-state index contributed by atoms with van der Waals surface area (Å²) in [6, 6.07) is 16.0. The Bertz CT molecular complexity index is 2890. The zero-order chi connectivity index (χ0) is 56.5. The molecule has 0 bridgehead atoms. The van der Waals surface area contributed by atoms with Crippen molar-refractivity contribution in [1.82, 2.24) is 60.1 Å². The average Bonchev–Trinajstić information content (AvgIpc) is 3.51. The van der Waals surface area contributed by atoms with Gasteiger partial charge in [0.05, 0.1) is 23.8 Å². The maximum Gasteiger partial charge on any atom is 0.339 e. The van der Waals surface area contributed by atoms with Gasteiger partial charge < -0.3 is 34.7 Å². The van der Waals surface area contributed by atoms with E-state index in [0.29, 0.717) is 86.7 Å². The highest BCUT2D eigenvalue weighted by atomic mass is 35.5. The predicted octanol–water partition coefficient (Wildman–Crippen LogP) is 9.29. The van der Waals surface area contributed by atoms with Gasteiger partial charge in [0.25, 0.3) is 23.6 Å². The van der Waals surface area contributed by atoms with Crippen LogP contribution in [0.2, 0.25) is 10.0 Å². The number of rotatable bonds is 13. The number of aryl methyl sites for hydroxylation is 2. The summed E-state index contributed by atoms with van der Waals surface area (Å²) in [5.41, 5.74) is 3.42. The van der Waals surface area contributed by atoms with E-state index in [9.17, 15) is 19.2 Å². The molecule has 0 spiro atoms. The van der Waals surface area contributed by atoms with Gasteiger partial charge in [-0.25, -0.2) is 30.6 Å². The topological polar surface area (TPSA) is 232 Å². The predicted molar refractivity (Wildman–Crippen MR) is 327 cm³/mol. The van der Waals surface area contributed by atoms with Gasteiger partial charge in [-0.2, -0.15) is 5.01 Å². The van der Waals surface area contributed by atoms with Gasteiger partial charge in [0, 0.05) is 123 Å². The number of carbonyl (C=O) groups is 4. The van der Waals surface area contributed by atoms with Gasteiger partial charge in [-0.3, -0.25) is 24.2 Å². The Labute approximate surface area is 500 Å². The molecule has 4 aliphatic heterocycles. The van der Waals surface area contributed by atoms with Crippen LogP contribution in [-0.2, 0) is 0 Å². The maximum absolute atomic E-state index is 13.0. The van der Waals surface area contributed by atoms with Crippen LogP contribution in [0.4, 0.5) is 22.4 Å². The monoisotopic (exact) mass is 1190 g/mol. The SMILES string of the molecule is C.C.CCNC(=O)N(N)C(=O)c1cnc(N2C[C@H](CC)N(C3CCN(C(=O)c4ccc(Cl)cc4)CC3)C[C@H]2C)c(C)n1.CCNc1nnc(-c2cnc(N3C[C@H](CC)N(C4CCN(C(=O)c5ccc(Cl)cc5)CC4)C[C@H]3C)c(C)n2)o1.Cl. The normalized spacial score (nSPS) is 19.8. The van der Waals surface area contributed by atoms with Crippen molar-refractivity contribution >= 4 is 77.0 Å². The number of likely N-dealkylation sites (tertiary alicyclic amines) is 2. The number of carbonyl (C=O) groups excluding carboxylic acids is 4. The van der Waals surface area contributed by atoms with Crippen LogP contribution in [-0.4, -0.2) is 180 Å². The zero-order valence-corrected chi connectivity index (χ0v) is 49.5. The molecule has 0 unspecified atom stereocenters. The lowest BCUT2D eigenvalue weighted by Crippen LogP contribution is -2.62. The highest BCUT2D eigenvalue weighted by Crippen LogP contribution is 2.33. The molecule has 24 heteroatoms. The van der Waals surface area contributed by atoms with E-state index in [1.807, 2.05) is 42.7 Å². The fraction of sp³-hybridized carbons (Fsp3) is 0.552. The number of imide groups is 1. The van der Waals surface area contributed by atoms with Crippen LogP contribution in [0.5, 0.6) is 0 Å². The average molecular weight is 1190 g/mol. The zero-order valence-electron chi connectivity index (χ0n) is 47.1. The number of amides is 5. The minimum Gasteiger partial charge on any atom is -0.402 e. The first-order chi connectivity index (χ1) is 38.0. The standard InChI is InChI=1S/C28H39ClN8O3.C28H37ClN8O2.2CH4.ClH/c1-5-22-17-35(25-19(4)33-24(15-32-25)27(39)37(30)28(40)31-6-2)18(3)16-36(22)23-11-13-34(14-12-23)26(38)20-7-9-21(29)10-8-20;1-5-22-17-36(25-19(4)32-24(15-31-25)26-33-34-28(39-26)30-6-2)18(3)16-37(22)23-11-13-35(14-12-23)27(38)20-7-9-21(29)10-8-20;;;/h7-10,15,18,22-23H,5-6,11-14,16-17,30H2,1-4H3,(H,31,40);7-10,15,18,22-23H,5-6,11-14,16-17H2,1-4H3,(H,30,34);2*1H4;1H/t2*18-,22+;;;/m11.../s1. The maximum atomic E-state index is 13.0. The lowest BCUT2D eigenvalue weighted by atomic mass is 9.96. The van der Waals surface area contributed by atoms with Gasteiger partial charge in [0.15, 0.2) is 0 Å². The number of nitrogens with zero attached hydrogens (tertiary/aromatic N) is 13. The molecule has 5 amide bonds. The van der Waals surface area contributed by atoms with E-state index in [2.05, 4.69) is 78.1 Å². The number of hydrogen-bond acceptors (Lipinski definition) is 17. The third kappa shape index (κ3) is 15.5. The van der Waals surface area contributed by atoms with Gasteiger partial charge in [0.2, 0.25) is 0 Å². The summed E-state index contributed by atoms with van der Waals surface area (Å²) in [6.45, 7) is 24.0. The van der Waals surface area contributed by atoms with Crippen LogP contribution in [0, 0.1) is 13.8 Å². The number of piperidine rings is 2. The van der Waals surface area contributed by atoms with Crippen LogP contribution in [0.15, 0.2) is 65.3 Å². The molecule has 4 aliphatic rings. The van der Waals surface area contributed by atoms with Gasteiger partial charge in [-0.15, -0.1) is 17.5 Å². The molecule has 82 heavy (non-hydrogen) atoms. The molecular formula is C58H85Cl3N16O5. The molecule has 448 valence electrons. The Balaban J connectivity index is 0.000000290. The summed E-state index contributed by atoms with van der Waals surface area (Å²) in [5.74, 6) is 7.10. The number of benzene rings is 2. The Morgan fingerprint density at radius 3 is 1.52 bits per heavy atom. The van der Waals surface area contributed by atoms with Crippen molar-refractivity contribution in [2.24, 2.45) is 5.84 Å². The number of urea groups is 1. The second-order valence-electron chi connectivity index (χ2n) is 20.9. The number of hydrogen-bond donors (Lipinski definition) is 3. The van der Waals surface area contributed by atoms with E-state index in [-0.39, 0.29) is 56.9 Å². The van der Waals surface area contributed by atoms with E-state index < -0.39 is 11.9 Å². The van der Waals surface area contributed by atoms with Crippen molar-refractivity contribution in [3.8, 4) is 11.6 Å². The number of hydrazine groups is 1. The van der Waals surface area contributed by atoms with Gasteiger partial charge >= 0.3 is 12.0 Å². The van der Waals surface area contributed by atoms with Crippen LogP contribution in [0.25, 0.3) is 11.6 Å². The highest BCUT2D eigenvalue weighted by Gasteiger charge is 2.40. The molecule has 0 saturated carbocycles. The van der Waals surface area contributed by atoms with E-state index in [1.54, 1.807) is 49.5 Å². The van der Waals surface area contributed by atoms with Crippen molar-refractivity contribution in [2.75, 3.05) is 80.6 Å². The number of nitrogens with two attached hydrogens (primary N) is 1. The van der Waals surface area contributed by atoms with Gasteiger partial charge in [-0.1, -0.05) is 57.0 Å². The summed E-state index contributed by atoms with van der Waals surface area (Å²) in [7, 11) is 0. The molecule has 0 radical (unpaired) electrons. The smallest absolute Gasteiger partial charge is 0.339 e. The summed E-state index contributed by atoms with van der Waals surface area (Å²) in [5, 5.41) is 15.4. The Morgan fingerprint density at radius 2 is 1.11 bits per heavy atom. The highest BCUT2D eigenvalue weighted by molar-refractivity contribution is 6.31. The van der Waals surface area contributed by atoms with Crippen molar-refractivity contribution in [3.05, 3.63) is 99.2 Å². The molecule has 4 N–H and O–H groups in total. The number of halogens is 3. The van der Waals surface area contributed by atoms with Gasteiger partial charge in [-0.05, 0) is 129 Å². The Morgan fingerprint density at radius 1 is 0.659 bits per heavy atom. The quantitative estimate of drug-likeness (QED) is 0.0566. The lowest BCUT2D eigenvalue weighted by molar-refractivity contribution is 0.0430. The first-order valence-electron chi connectivity index (χ1n) is 27.8. The van der Waals surface area contributed by atoms with Crippen LogP contribution >= 0.6 is 35.6 Å². The molecule has 7 heterocycles. The first kappa shape index (κ1) is 66.6. The Hall–Kier alpha value is -6.23. The van der Waals surface area contributed by atoms with Crippen molar-refractivity contribution < 1.29 is 23.6 Å². The van der Waals surface area contributed by atoms with E-state index in [0.717, 1.165) is 108 Å². The van der Waals surface area contributed by atoms with E-state index in [4.69, 9.17) is 43.4 Å². The second-order valence-corrected chi connectivity index (χ2v) is 21.7. The van der Waals surface area contributed by atoms with Crippen LogP contribution < -0.4 is 26.3 Å². The third-order valence-electron chi connectivity index (χ3n) is 15.7. The first-order valence-corrected chi connectivity index (χ1v) is 28.5. The van der Waals surface area contributed by atoms with Gasteiger partial charge in [0.1, 0.15) is 23.0 Å². The fourth-order valence-electron chi connectivity index (χ4n) is 11.4. The van der Waals surface area contributed by atoms with Crippen LogP contribution in [0.3, 0.4) is 0 Å². The molecule has 21 nitrogen and oxygen atoms in total. The molecule has 4 atom stereocenters. The minimum absolute atomic E-state index is 0. The Kier molecular flexibility index (Phi) is 24.6. The second kappa shape index (κ2) is 30.4. The number of nitrogens with one attached hydrogen (secondary N) is 2. The summed E-state index contributed by atoms with van der Waals surface area (Å²) in [4.78, 5) is 82.9. The minimum atomic E-state index is -0.710. The number of anilines is 3. The molecule has 5 aromatic rings. The molecule has 9 rings (SSSR count). The summed E-state index contributed by atoms with van der Waals surface area (Å²) in [6.07, 6.45) is 8.96.